The van der Waals surface area contributed by atoms with Gasteiger partial charge in [0, 0.05) is 20.1 Å². The molecule has 108 valence electrons. The molecule has 20 heavy (non-hydrogen) atoms. The Bertz CT molecular complexity index is 544. The fourth-order valence-electron chi connectivity index (χ4n) is 2.60. The minimum Gasteiger partial charge on any atom is -0.478 e. The number of likely N-dealkylation sites (tertiary alicyclic amines) is 1. The third-order valence-electron chi connectivity index (χ3n) is 3.70. The van der Waals surface area contributed by atoms with E-state index in [4.69, 9.17) is 10.8 Å². The van der Waals surface area contributed by atoms with Crippen molar-refractivity contribution < 1.29 is 14.7 Å². The maximum absolute atomic E-state index is 12.1. The topological polar surface area (TPSA) is 86.9 Å². The normalized spacial score (nSPS) is 18.4. The Morgan fingerprint density at radius 3 is 2.70 bits per heavy atom. The van der Waals surface area contributed by atoms with Crippen molar-refractivity contribution in [2.24, 2.45) is 0 Å². The Kier molecular flexibility index (Phi) is 3.83. The second-order valence-electron chi connectivity index (χ2n) is 4.93. The molecule has 0 radical (unpaired) electrons. The molecule has 1 aliphatic rings. The Hall–Kier alpha value is -2.24. The molecule has 3 N–H and O–H groups in total. The van der Waals surface area contributed by atoms with Crippen molar-refractivity contribution >= 4 is 23.3 Å². The first-order valence-electron chi connectivity index (χ1n) is 6.60. The predicted octanol–water partition coefficient (Wildman–Crippen LogP) is 1.02. The van der Waals surface area contributed by atoms with Crippen molar-refractivity contribution in [3.63, 3.8) is 0 Å². The fraction of sp³-hybridized carbons (Fsp3) is 0.429. The summed E-state index contributed by atoms with van der Waals surface area (Å²) in [6, 6.07) is 4.40. The summed E-state index contributed by atoms with van der Waals surface area (Å²) in [6.07, 6.45) is 0.753. The standard InChI is InChI=1S/C14H19N3O3/c1-3-17(12-6-7-16(2)13(12)18)11-5-4-9(14(19)20)8-10(11)15/h4-5,8,12H,3,6-7,15H2,1-2H3,(H,19,20). The Labute approximate surface area is 117 Å². The average molecular weight is 277 g/mol. The number of benzene rings is 1. The highest BCUT2D eigenvalue weighted by atomic mass is 16.4. The van der Waals surface area contributed by atoms with Gasteiger partial charge in [0.15, 0.2) is 0 Å². The third-order valence-corrected chi connectivity index (χ3v) is 3.70. The van der Waals surface area contributed by atoms with Gasteiger partial charge in [-0.1, -0.05) is 0 Å². The SMILES string of the molecule is CCN(c1ccc(C(=O)O)cc1N)C1CCN(C)C1=O. The summed E-state index contributed by atoms with van der Waals surface area (Å²) in [6.45, 7) is 3.32. The van der Waals surface area contributed by atoms with Gasteiger partial charge in [0.25, 0.3) is 0 Å². The van der Waals surface area contributed by atoms with Crippen molar-refractivity contribution in [3.8, 4) is 0 Å². The van der Waals surface area contributed by atoms with Gasteiger partial charge in [-0.25, -0.2) is 4.79 Å². The number of carboxylic acid groups (broad SMARTS) is 1. The van der Waals surface area contributed by atoms with E-state index >= 15 is 0 Å². The van der Waals surface area contributed by atoms with Gasteiger partial charge < -0.3 is 20.6 Å². The van der Waals surface area contributed by atoms with Crippen LogP contribution in [0.2, 0.25) is 0 Å². The molecule has 1 amide bonds. The van der Waals surface area contributed by atoms with Gasteiger partial charge in [-0.3, -0.25) is 4.79 Å². The number of likely N-dealkylation sites (N-methyl/N-ethyl adjacent to an activating group) is 2. The Morgan fingerprint density at radius 2 is 2.25 bits per heavy atom. The number of hydrogen-bond donors (Lipinski definition) is 2. The molecule has 1 atom stereocenters. The summed E-state index contributed by atoms with van der Waals surface area (Å²) in [4.78, 5) is 26.7. The molecule has 1 saturated heterocycles. The van der Waals surface area contributed by atoms with Crippen molar-refractivity contribution in [1.29, 1.82) is 0 Å². The molecular formula is C14H19N3O3. The van der Waals surface area contributed by atoms with Crippen LogP contribution in [0.5, 0.6) is 0 Å². The van der Waals surface area contributed by atoms with Crippen molar-refractivity contribution in [2.45, 2.75) is 19.4 Å². The van der Waals surface area contributed by atoms with Crippen molar-refractivity contribution in [1.82, 2.24) is 4.90 Å². The van der Waals surface area contributed by atoms with E-state index in [0.29, 0.717) is 17.9 Å². The maximum atomic E-state index is 12.1. The molecule has 1 aliphatic heterocycles. The number of aromatic carboxylic acids is 1. The van der Waals surface area contributed by atoms with Gasteiger partial charge in [0.05, 0.1) is 16.9 Å². The molecule has 0 saturated carbocycles. The van der Waals surface area contributed by atoms with Gasteiger partial charge in [-0.15, -0.1) is 0 Å². The molecule has 0 spiro atoms. The van der Waals surface area contributed by atoms with Crippen LogP contribution in [-0.2, 0) is 4.79 Å². The first-order chi connectivity index (χ1) is 9.45. The molecule has 1 aromatic rings. The van der Waals surface area contributed by atoms with E-state index < -0.39 is 5.97 Å². The molecule has 6 nitrogen and oxygen atoms in total. The summed E-state index contributed by atoms with van der Waals surface area (Å²) < 4.78 is 0. The molecule has 1 fully saturated rings. The highest BCUT2D eigenvalue weighted by Crippen LogP contribution is 2.29. The van der Waals surface area contributed by atoms with Crippen LogP contribution in [0.25, 0.3) is 0 Å². The second-order valence-corrected chi connectivity index (χ2v) is 4.93. The Morgan fingerprint density at radius 1 is 1.55 bits per heavy atom. The van der Waals surface area contributed by atoms with Gasteiger partial charge >= 0.3 is 5.97 Å². The summed E-state index contributed by atoms with van der Waals surface area (Å²) >= 11 is 0. The number of nitrogens with zero attached hydrogens (tertiary/aromatic N) is 2. The van der Waals surface area contributed by atoms with E-state index in [1.807, 2.05) is 11.8 Å². The molecule has 2 rings (SSSR count). The number of hydrogen-bond acceptors (Lipinski definition) is 4. The number of rotatable bonds is 4. The van der Waals surface area contributed by atoms with Crippen LogP contribution in [0.15, 0.2) is 18.2 Å². The summed E-state index contributed by atoms with van der Waals surface area (Å²) in [5.74, 6) is -0.934. The van der Waals surface area contributed by atoms with Crippen LogP contribution in [0, 0.1) is 0 Å². The highest BCUT2D eigenvalue weighted by Gasteiger charge is 2.34. The zero-order chi connectivity index (χ0) is 14.9. The number of carbonyl (C=O) groups excluding carboxylic acids is 1. The highest BCUT2D eigenvalue weighted by molar-refractivity contribution is 5.92. The fourth-order valence-corrected chi connectivity index (χ4v) is 2.60. The van der Waals surface area contributed by atoms with E-state index in [2.05, 4.69) is 0 Å². The van der Waals surface area contributed by atoms with Crippen LogP contribution < -0.4 is 10.6 Å². The summed E-state index contributed by atoms with van der Waals surface area (Å²) in [7, 11) is 1.78. The zero-order valence-electron chi connectivity index (χ0n) is 11.7. The zero-order valence-corrected chi connectivity index (χ0v) is 11.7. The molecule has 6 heteroatoms. The van der Waals surface area contributed by atoms with Crippen molar-refractivity contribution in [3.05, 3.63) is 23.8 Å². The minimum absolute atomic E-state index is 0.0774. The van der Waals surface area contributed by atoms with Crippen LogP contribution in [0.4, 0.5) is 11.4 Å². The molecule has 0 aliphatic carbocycles. The number of anilines is 2. The monoisotopic (exact) mass is 277 g/mol. The quantitative estimate of drug-likeness (QED) is 0.802. The molecule has 1 heterocycles. The molecule has 0 aromatic heterocycles. The van der Waals surface area contributed by atoms with Gasteiger partial charge in [-0.05, 0) is 31.5 Å². The van der Waals surface area contributed by atoms with E-state index in [9.17, 15) is 9.59 Å². The van der Waals surface area contributed by atoms with E-state index in [1.54, 1.807) is 18.0 Å². The summed E-state index contributed by atoms with van der Waals surface area (Å²) in [5, 5.41) is 8.95. The predicted molar refractivity (Wildman–Crippen MR) is 76.9 cm³/mol. The van der Waals surface area contributed by atoms with Crippen LogP contribution in [0.1, 0.15) is 23.7 Å². The first kappa shape index (κ1) is 14.2. The number of nitrogens with two attached hydrogens (primary N) is 1. The Balaban J connectivity index is 2.33. The smallest absolute Gasteiger partial charge is 0.335 e. The average Bonchev–Trinajstić information content (AvgIpc) is 2.73. The summed E-state index contributed by atoms with van der Waals surface area (Å²) in [5.41, 5.74) is 7.20. The van der Waals surface area contributed by atoms with E-state index in [-0.39, 0.29) is 17.5 Å². The van der Waals surface area contributed by atoms with E-state index in [0.717, 1.165) is 13.0 Å². The van der Waals surface area contributed by atoms with E-state index in [1.165, 1.54) is 12.1 Å². The largest absolute Gasteiger partial charge is 0.478 e. The molecular weight excluding hydrogens is 258 g/mol. The molecule has 0 bridgehead atoms. The lowest BCUT2D eigenvalue weighted by atomic mass is 10.1. The lowest BCUT2D eigenvalue weighted by molar-refractivity contribution is -0.127. The first-order valence-corrected chi connectivity index (χ1v) is 6.60. The van der Waals surface area contributed by atoms with Crippen LogP contribution >= 0.6 is 0 Å². The lowest BCUT2D eigenvalue weighted by Crippen LogP contribution is -2.41. The molecule has 1 aromatic carbocycles. The number of carboxylic acids is 1. The van der Waals surface area contributed by atoms with Crippen LogP contribution in [-0.4, -0.2) is 48.1 Å². The number of amides is 1. The van der Waals surface area contributed by atoms with Crippen LogP contribution in [0.3, 0.4) is 0 Å². The maximum Gasteiger partial charge on any atom is 0.335 e. The number of nitrogen functional groups attached to an aromatic ring is 1. The van der Waals surface area contributed by atoms with Crippen molar-refractivity contribution in [2.75, 3.05) is 30.8 Å². The van der Waals surface area contributed by atoms with Gasteiger partial charge in [0.2, 0.25) is 5.91 Å². The number of carbonyl (C=O) groups is 2. The lowest BCUT2D eigenvalue weighted by Gasteiger charge is -2.29. The molecule has 1 unspecified atom stereocenters. The van der Waals surface area contributed by atoms with Gasteiger partial charge in [0.1, 0.15) is 6.04 Å². The minimum atomic E-state index is -1.01. The van der Waals surface area contributed by atoms with Gasteiger partial charge in [-0.2, -0.15) is 0 Å². The third kappa shape index (κ3) is 2.41. The second kappa shape index (κ2) is 5.40.